The summed E-state index contributed by atoms with van der Waals surface area (Å²) in [6.07, 6.45) is 0. The number of rotatable bonds is 4. The van der Waals surface area contributed by atoms with Crippen LogP contribution in [-0.2, 0) is 16.8 Å². The fraction of sp³-hybridized carbons (Fsp3) is 0.192. The summed E-state index contributed by atoms with van der Waals surface area (Å²) in [4.78, 5) is 15.0. The lowest BCUT2D eigenvalue weighted by molar-refractivity contribution is -0.112. The largest absolute Gasteiger partial charge is 0.331 e. The third-order valence-corrected chi connectivity index (χ3v) is 5.60. The van der Waals surface area contributed by atoms with Gasteiger partial charge in [0, 0.05) is 11.3 Å². The summed E-state index contributed by atoms with van der Waals surface area (Å²) in [5.41, 5.74) is 6.78. The first-order valence-corrected chi connectivity index (χ1v) is 11.0. The van der Waals surface area contributed by atoms with E-state index in [0.29, 0.717) is 17.8 Å². The van der Waals surface area contributed by atoms with Crippen LogP contribution >= 0.6 is 12.2 Å². The number of hydrogen-bond donors (Lipinski definition) is 2. The van der Waals surface area contributed by atoms with E-state index in [0.717, 1.165) is 16.8 Å². The Hall–Kier alpha value is -3.58. The van der Waals surface area contributed by atoms with Crippen molar-refractivity contribution in [3.8, 4) is 0 Å². The lowest BCUT2D eigenvalue weighted by atomic mass is 9.83. The van der Waals surface area contributed by atoms with Gasteiger partial charge in [-0.05, 0) is 59.1 Å². The highest BCUT2D eigenvalue weighted by atomic mass is 32.1. The molecule has 0 spiro atoms. The van der Waals surface area contributed by atoms with E-state index in [4.69, 9.17) is 12.2 Å². The molecule has 0 unspecified atom stereocenters. The van der Waals surface area contributed by atoms with Gasteiger partial charge in [-0.3, -0.25) is 10.2 Å². The van der Waals surface area contributed by atoms with Crippen LogP contribution in [0.5, 0.6) is 0 Å². The molecule has 0 aliphatic carbocycles. The predicted molar refractivity (Wildman–Crippen MR) is 135 cm³/mol. The Morgan fingerprint density at radius 2 is 1.73 bits per heavy atom. The predicted octanol–water partition coefficient (Wildman–Crippen LogP) is 5.36. The maximum atomic E-state index is 14.1. The fourth-order valence-corrected chi connectivity index (χ4v) is 4.06. The molecule has 168 valence electrons. The molecule has 0 atom stereocenters. The average Bonchev–Trinajstić information content (AvgIpc) is 3.03. The smallest absolute Gasteiger partial charge is 0.279 e. The Balaban J connectivity index is 1.62. The average molecular weight is 461 g/mol. The Morgan fingerprint density at radius 3 is 2.45 bits per heavy atom. The molecule has 33 heavy (non-hydrogen) atoms. The van der Waals surface area contributed by atoms with Crippen molar-refractivity contribution in [3.05, 3.63) is 95.3 Å². The summed E-state index contributed by atoms with van der Waals surface area (Å²) in [7, 11) is 0. The van der Waals surface area contributed by atoms with Gasteiger partial charge >= 0.3 is 0 Å². The van der Waals surface area contributed by atoms with Gasteiger partial charge in [-0.25, -0.2) is 4.39 Å². The molecule has 7 heteroatoms. The van der Waals surface area contributed by atoms with E-state index in [1.807, 2.05) is 48.5 Å². The summed E-state index contributed by atoms with van der Waals surface area (Å²) in [6, 6.07) is 21.7. The monoisotopic (exact) mass is 460 g/mol. The van der Waals surface area contributed by atoms with Crippen molar-refractivity contribution in [2.45, 2.75) is 32.7 Å². The molecule has 0 fully saturated rings. The molecule has 1 aliphatic heterocycles. The van der Waals surface area contributed by atoms with Gasteiger partial charge in [0.2, 0.25) is 0 Å². The van der Waals surface area contributed by atoms with Crippen LogP contribution in [0.1, 0.15) is 37.5 Å². The van der Waals surface area contributed by atoms with E-state index in [1.54, 1.807) is 11.0 Å². The number of carbonyl (C=O) groups is 1. The number of thiocarbonyl (C=S) groups is 1. The molecule has 5 nitrogen and oxygen atoms in total. The summed E-state index contributed by atoms with van der Waals surface area (Å²) >= 11 is 5.30. The molecule has 2 N–H and O–H groups in total. The zero-order chi connectivity index (χ0) is 23.6. The van der Waals surface area contributed by atoms with Gasteiger partial charge in [-0.1, -0.05) is 63.2 Å². The zero-order valence-electron chi connectivity index (χ0n) is 18.7. The maximum absolute atomic E-state index is 14.1. The van der Waals surface area contributed by atoms with E-state index in [-0.39, 0.29) is 22.1 Å². The number of carbonyl (C=O) groups excluding carboxylic acids is 1. The number of amides is 1. The van der Waals surface area contributed by atoms with Crippen molar-refractivity contribution in [2.24, 2.45) is 5.10 Å². The van der Waals surface area contributed by atoms with E-state index >= 15 is 0 Å². The highest BCUT2D eigenvalue weighted by molar-refractivity contribution is 7.80. The lowest BCUT2D eigenvalue weighted by Crippen LogP contribution is -2.33. The molecule has 0 aromatic heterocycles. The van der Waals surface area contributed by atoms with Gasteiger partial charge in [0.05, 0.1) is 12.2 Å². The van der Waals surface area contributed by atoms with Crippen LogP contribution in [0, 0.1) is 5.82 Å². The van der Waals surface area contributed by atoms with Crippen LogP contribution in [0.2, 0.25) is 0 Å². The molecule has 0 saturated heterocycles. The second-order valence-corrected chi connectivity index (χ2v) is 9.26. The Labute approximate surface area is 198 Å². The minimum Gasteiger partial charge on any atom is -0.331 e. The van der Waals surface area contributed by atoms with Crippen molar-refractivity contribution in [1.29, 1.82) is 0 Å². The first kappa shape index (κ1) is 22.6. The van der Waals surface area contributed by atoms with E-state index in [1.165, 1.54) is 12.1 Å². The standard InChI is InChI=1S/C26H25FN4OS/c1-26(2,3)21-12-8-7-9-17(21)16-31-22-14-13-18(27)15-20(22)23(24(31)32)29-30-25(33)28-19-10-5-4-6-11-19/h4-15H,16H2,1-3H3,(H2,28,30,33)/b29-23-. The highest BCUT2D eigenvalue weighted by Gasteiger charge is 2.35. The Kier molecular flexibility index (Phi) is 6.24. The minimum absolute atomic E-state index is 0.0846. The van der Waals surface area contributed by atoms with Crippen molar-refractivity contribution in [1.82, 2.24) is 5.43 Å². The highest BCUT2D eigenvalue weighted by Crippen LogP contribution is 2.33. The second-order valence-electron chi connectivity index (χ2n) is 8.85. The van der Waals surface area contributed by atoms with Crippen LogP contribution in [0.15, 0.2) is 77.9 Å². The van der Waals surface area contributed by atoms with Crippen LogP contribution in [-0.4, -0.2) is 16.7 Å². The number of halogens is 1. The maximum Gasteiger partial charge on any atom is 0.279 e. The van der Waals surface area contributed by atoms with Gasteiger partial charge in [-0.15, -0.1) is 0 Å². The summed E-state index contributed by atoms with van der Waals surface area (Å²) < 4.78 is 14.1. The van der Waals surface area contributed by atoms with E-state index in [9.17, 15) is 9.18 Å². The minimum atomic E-state index is -0.434. The molecular formula is C26H25FN4OS. The lowest BCUT2D eigenvalue weighted by Gasteiger charge is -2.25. The molecule has 1 amide bonds. The molecule has 4 rings (SSSR count). The number of nitrogens with zero attached hydrogens (tertiary/aromatic N) is 2. The molecule has 1 heterocycles. The van der Waals surface area contributed by atoms with Gasteiger partial charge in [0.1, 0.15) is 5.82 Å². The summed E-state index contributed by atoms with van der Waals surface area (Å²) in [5.74, 6) is -0.745. The zero-order valence-corrected chi connectivity index (χ0v) is 19.5. The number of hydrazone groups is 1. The van der Waals surface area contributed by atoms with E-state index in [2.05, 4.69) is 42.7 Å². The molecule has 0 radical (unpaired) electrons. The normalized spacial score (nSPS) is 14.4. The molecule has 0 saturated carbocycles. The SMILES string of the molecule is CC(C)(C)c1ccccc1CN1C(=O)/C(=N\NC(=S)Nc2ccccc2)c2cc(F)ccc21. The van der Waals surface area contributed by atoms with Gasteiger partial charge in [0.25, 0.3) is 5.91 Å². The summed E-state index contributed by atoms with van der Waals surface area (Å²) in [5, 5.41) is 7.49. The van der Waals surface area contributed by atoms with Crippen LogP contribution in [0.4, 0.5) is 15.8 Å². The van der Waals surface area contributed by atoms with Crippen LogP contribution in [0.3, 0.4) is 0 Å². The van der Waals surface area contributed by atoms with Crippen LogP contribution in [0.25, 0.3) is 0 Å². The van der Waals surface area contributed by atoms with Crippen molar-refractivity contribution >= 4 is 40.3 Å². The number of para-hydroxylation sites is 1. The first-order valence-electron chi connectivity index (χ1n) is 10.6. The number of hydrogen-bond acceptors (Lipinski definition) is 3. The Bertz CT molecular complexity index is 1230. The van der Waals surface area contributed by atoms with E-state index < -0.39 is 5.82 Å². The van der Waals surface area contributed by atoms with Crippen molar-refractivity contribution < 1.29 is 9.18 Å². The first-order chi connectivity index (χ1) is 15.7. The second kappa shape index (κ2) is 9.11. The molecule has 0 bridgehead atoms. The molecule has 3 aromatic carbocycles. The third kappa shape index (κ3) is 4.93. The molecular weight excluding hydrogens is 435 g/mol. The molecule has 3 aromatic rings. The Morgan fingerprint density at radius 1 is 1.03 bits per heavy atom. The van der Waals surface area contributed by atoms with Crippen molar-refractivity contribution in [2.75, 3.05) is 10.2 Å². The topological polar surface area (TPSA) is 56.7 Å². The quantitative estimate of drug-likeness (QED) is 0.407. The summed E-state index contributed by atoms with van der Waals surface area (Å²) in [6.45, 7) is 6.77. The van der Waals surface area contributed by atoms with Gasteiger partial charge < -0.3 is 10.2 Å². The van der Waals surface area contributed by atoms with Gasteiger partial charge in [0.15, 0.2) is 10.8 Å². The van der Waals surface area contributed by atoms with Gasteiger partial charge in [-0.2, -0.15) is 5.10 Å². The van der Waals surface area contributed by atoms with Crippen molar-refractivity contribution in [3.63, 3.8) is 0 Å². The number of fused-ring (bicyclic) bond motifs is 1. The molecule has 1 aliphatic rings. The fourth-order valence-electron chi connectivity index (χ4n) is 3.90. The van der Waals surface area contributed by atoms with Crippen LogP contribution < -0.4 is 15.6 Å². The number of benzene rings is 3. The number of anilines is 2. The number of nitrogens with one attached hydrogen (secondary N) is 2. The third-order valence-electron chi connectivity index (χ3n) is 5.41.